The van der Waals surface area contributed by atoms with E-state index < -0.39 is 38.3 Å². The van der Waals surface area contributed by atoms with E-state index in [0.717, 1.165) is 103 Å². The zero-order valence-corrected chi connectivity index (χ0v) is 85.7. The largest absolute Gasteiger partial charge is 0.497 e. The van der Waals surface area contributed by atoms with Crippen molar-refractivity contribution in [1.29, 1.82) is 0 Å². The molecule has 756 valence electrons. The quantitative estimate of drug-likeness (QED) is 0.0194. The lowest BCUT2D eigenvalue weighted by molar-refractivity contribution is -0.120. The molecule has 0 aromatic heterocycles. The molecule has 0 unspecified atom stereocenters. The molecule has 12 aromatic rings. The number of sulfonamides is 2. The average Bonchev–Trinajstić information content (AvgIpc) is 1.64. The monoisotopic (exact) mass is 1980 g/mol. The number of benzene rings is 12. The van der Waals surface area contributed by atoms with E-state index >= 15 is 0 Å². The van der Waals surface area contributed by atoms with Crippen molar-refractivity contribution >= 4 is 119 Å². The highest BCUT2D eigenvalue weighted by Gasteiger charge is 2.29. The number of amides is 8. The second-order valence-electron chi connectivity index (χ2n) is 32.2. The van der Waals surface area contributed by atoms with Crippen molar-refractivity contribution in [3.63, 3.8) is 0 Å². The molecule has 0 aliphatic heterocycles. The van der Waals surface area contributed by atoms with Crippen molar-refractivity contribution in [2.45, 2.75) is 122 Å². The molecule has 29 nitrogen and oxygen atoms in total. The third-order valence-electron chi connectivity index (χ3n) is 18.9. The maximum atomic E-state index is 11.7. The molecule has 31 heteroatoms. The fourth-order valence-corrected chi connectivity index (χ4v) is 13.3. The molecule has 0 saturated heterocycles. The highest BCUT2D eigenvalue weighted by Crippen LogP contribution is 2.30. The highest BCUT2D eigenvalue weighted by molar-refractivity contribution is 7.95. The van der Waals surface area contributed by atoms with Gasteiger partial charge in [0, 0.05) is 109 Å². The van der Waals surface area contributed by atoms with E-state index in [2.05, 4.69) is 68.6 Å². The summed E-state index contributed by atoms with van der Waals surface area (Å²) in [4.78, 5) is 90.0. The Hall–Kier alpha value is -15.3. The van der Waals surface area contributed by atoms with Crippen LogP contribution >= 0.6 is 0 Å². The predicted octanol–water partition coefficient (Wildman–Crippen LogP) is 22.7. The van der Waals surface area contributed by atoms with Crippen molar-refractivity contribution in [3.8, 4) is 11.5 Å². The number of methoxy groups -OCH3 is 3. The SMILES string of the molecule is C=CS(=O)(=O)Nc1cccc(C)c1.CC(=O)Nc1ccc(C)cc1.CCC(=O)Nc1cccc(C)c1.CCCS(=O)(=O)Nc1cccc(C)c1.CNCCNC(=O)c1ccc(C)cc1.COCC(=O)Nc1ccc(C)cc1.COCCOC(=O)Nc1cccc(C)c1.COc1ccc(OC(=O)Nc2cccc(C)c2)cc1.Cc1cccc(NC(=O)C2CC2)c1.Cc1cccc(NC(=O)OCc2ccccc2)c1. The van der Waals surface area contributed by atoms with Gasteiger partial charge >= 0.3 is 18.3 Å². The number of hydrogen-bond donors (Lipinski definition) is 11. The van der Waals surface area contributed by atoms with Gasteiger partial charge in [-0.2, -0.15) is 0 Å². The zero-order chi connectivity index (χ0) is 105. The standard InChI is InChI=1S/C15H15NO3.C15H15NO2.C11H16N2O.C11H15NO3.C11H13NO.C10H15NO2S.C10H13NO2.C10H13NO.C9H11NO2S.C9H11NO/c1-11-4-3-5-12(10-11)16-15(17)19-14-8-6-13(18-2)7-9-14;1-12-6-5-9-14(10-12)16-15(17)18-11-13-7-3-2-4-8-13;1-9-3-5-10(6-4-9)11(14)13-8-7-12-2;1-9-4-3-5-10(8-9)12-11(13)15-7-6-14-2;1-8-3-2-4-10(7-8)12-11(13)9-5-6-9;1-3-7-14(12,13)11-10-6-4-5-9(2)8-10;1-8-3-5-9(6-4-8)11-10(12)7-13-2;1-3-10(12)11-9-6-4-5-8(2)7-9;1-3-13(11,12)10-9-6-4-5-8(2)7-9;1-7-3-5-9(6-4-7)10-8(2)11/h3-10H,1-2H3,(H,16,17);2-10H,11H2,1H3,(H,16,17);3-6,12H,7-8H2,1-2H3,(H,13,14);3-5,8H,6-7H2,1-2H3,(H,12,13);2-4,7,9H,5-6H2,1H3,(H,12,13);4-6,8,11H,3,7H2,1-2H3;3-6H,7H2,1-2H3,(H,11,12);4-7H,3H2,1-2H3,(H,11,12);3-7,10H,1H2,2H3;3-6H,1-2H3,(H,10,11). The van der Waals surface area contributed by atoms with Crippen LogP contribution in [0.15, 0.2) is 309 Å². The molecule has 11 N–H and O–H groups in total. The van der Waals surface area contributed by atoms with Crippen LogP contribution in [-0.4, -0.2) is 132 Å². The Labute approximate surface area is 837 Å². The van der Waals surface area contributed by atoms with Crippen LogP contribution < -0.4 is 66.8 Å². The topological polar surface area (TPSA) is 393 Å². The minimum absolute atomic E-state index is 0.0137. The van der Waals surface area contributed by atoms with E-state index in [1.54, 1.807) is 62.8 Å². The number of carbonyl (C=O) groups is 8. The average molecular weight is 1980 g/mol. The number of carbonyl (C=O) groups excluding carboxylic acids is 8. The van der Waals surface area contributed by atoms with Gasteiger partial charge in [0.15, 0.2) is 0 Å². The molecule has 0 bridgehead atoms. The van der Waals surface area contributed by atoms with Gasteiger partial charge in [-0.15, -0.1) is 0 Å². The number of likely N-dealkylation sites (N-methyl/N-ethyl adjacent to an activating group) is 1. The van der Waals surface area contributed by atoms with Crippen LogP contribution in [0.5, 0.6) is 11.5 Å². The molecule has 13 rings (SSSR count). The molecule has 1 aliphatic rings. The Bertz CT molecular complexity index is 6090. The normalized spacial score (nSPS) is 10.5. The van der Waals surface area contributed by atoms with Crippen LogP contribution in [0, 0.1) is 75.2 Å². The number of rotatable bonds is 29. The first-order valence-electron chi connectivity index (χ1n) is 45.8. The Morgan fingerprint density at radius 1 is 0.380 bits per heavy atom. The van der Waals surface area contributed by atoms with Gasteiger partial charge in [0.2, 0.25) is 33.7 Å². The first kappa shape index (κ1) is 119. The van der Waals surface area contributed by atoms with Gasteiger partial charge in [-0.3, -0.25) is 49.4 Å². The van der Waals surface area contributed by atoms with Crippen molar-refractivity contribution in [2.24, 2.45) is 5.92 Å². The van der Waals surface area contributed by atoms with E-state index in [4.69, 9.17) is 23.7 Å². The summed E-state index contributed by atoms with van der Waals surface area (Å²) in [5, 5.41) is 25.8. The molecule has 0 heterocycles. The number of hydrogen-bond acceptors (Lipinski definition) is 19. The molecule has 1 aliphatic carbocycles. The zero-order valence-electron chi connectivity index (χ0n) is 84.1. The summed E-state index contributed by atoms with van der Waals surface area (Å²) in [6.07, 6.45) is 1.84. The van der Waals surface area contributed by atoms with Gasteiger partial charge in [0.1, 0.15) is 31.3 Å². The molecular weight excluding hydrogens is 1840 g/mol. The second-order valence-corrected chi connectivity index (χ2v) is 35.7. The molecular formula is C111H137N11O18S2. The number of aryl methyl sites for hydroxylation is 10. The van der Waals surface area contributed by atoms with Gasteiger partial charge in [0.25, 0.3) is 15.9 Å². The van der Waals surface area contributed by atoms with Gasteiger partial charge in [-0.05, 0) is 286 Å². The van der Waals surface area contributed by atoms with E-state index in [1.165, 1.54) is 30.7 Å². The molecule has 12 aromatic carbocycles. The Morgan fingerprint density at radius 2 is 0.768 bits per heavy atom. The van der Waals surface area contributed by atoms with Crippen LogP contribution in [-0.2, 0) is 64.8 Å². The lowest BCUT2D eigenvalue weighted by atomic mass is 10.1. The first-order chi connectivity index (χ1) is 67.8. The third kappa shape index (κ3) is 55.9. The number of anilines is 9. The molecule has 1 fully saturated rings. The summed E-state index contributed by atoms with van der Waals surface area (Å²) in [5.41, 5.74) is 19.7. The summed E-state index contributed by atoms with van der Waals surface area (Å²) < 4.78 is 79.4. The molecule has 0 radical (unpaired) electrons. The van der Waals surface area contributed by atoms with Crippen molar-refractivity contribution < 1.29 is 83.6 Å². The van der Waals surface area contributed by atoms with Crippen LogP contribution in [0.3, 0.4) is 0 Å². The molecule has 0 spiro atoms. The van der Waals surface area contributed by atoms with Crippen LogP contribution in [0.4, 0.5) is 65.6 Å². The van der Waals surface area contributed by atoms with E-state index in [1.807, 2.05) is 339 Å². The van der Waals surface area contributed by atoms with Crippen molar-refractivity contribution in [2.75, 3.05) is 114 Å². The smallest absolute Gasteiger partial charge is 0.417 e. The van der Waals surface area contributed by atoms with Crippen molar-refractivity contribution in [3.05, 3.63) is 376 Å². The summed E-state index contributed by atoms with van der Waals surface area (Å²) in [6.45, 7) is 30.6. The Balaban J connectivity index is 0.000000330. The first-order valence-corrected chi connectivity index (χ1v) is 49.0. The van der Waals surface area contributed by atoms with E-state index in [9.17, 15) is 55.2 Å². The van der Waals surface area contributed by atoms with Gasteiger partial charge in [-0.1, -0.05) is 189 Å². The summed E-state index contributed by atoms with van der Waals surface area (Å²) in [5.74, 6) is 1.67. The third-order valence-corrected chi connectivity index (χ3v) is 21.3. The summed E-state index contributed by atoms with van der Waals surface area (Å²) in [6, 6.07) is 92.0. The van der Waals surface area contributed by atoms with Crippen LogP contribution in [0.2, 0.25) is 0 Å². The van der Waals surface area contributed by atoms with Crippen LogP contribution in [0.1, 0.15) is 118 Å². The molecule has 8 amide bonds. The summed E-state index contributed by atoms with van der Waals surface area (Å²) in [7, 11) is -0.0320. The molecule has 0 atom stereocenters. The van der Waals surface area contributed by atoms with Gasteiger partial charge in [-0.25, -0.2) is 31.2 Å². The minimum atomic E-state index is -3.38. The number of ether oxygens (including phenoxy) is 6. The molecule has 1 saturated carbocycles. The Morgan fingerprint density at radius 3 is 1.16 bits per heavy atom. The second kappa shape index (κ2) is 67.1. The summed E-state index contributed by atoms with van der Waals surface area (Å²) >= 11 is 0. The van der Waals surface area contributed by atoms with Gasteiger partial charge < -0.3 is 60.3 Å². The van der Waals surface area contributed by atoms with Crippen LogP contribution in [0.25, 0.3) is 0 Å². The highest BCUT2D eigenvalue weighted by atomic mass is 32.2. The molecule has 142 heavy (non-hydrogen) atoms. The van der Waals surface area contributed by atoms with Gasteiger partial charge in [0.05, 0.1) is 19.5 Å². The minimum Gasteiger partial charge on any atom is -0.497 e. The fraction of sp³-hybridized carbons (Fsp3) is 0.261. The number of nitrogens with one attached hydrogen (secondary N) is 11. The maximum Gasteiger partial charge on any atom is 0.417 e. The fourth-order valence-electron chi connectivity index (χ4n) is 11.6. The van der Waals surface area contributed by atoms with E-state index in [0.29, 0.717) is 60.1 Å². The predicted molar refractivity (Wildman–Crippen MR) is 573 cm³/mol. The maximum absolute atomic E-state index is 11.7. The van der Waals surface area contributed by atoms with Crippen molar-refractivity contribution in [1.82, 2.24) is 10.6 Å². The lowest BCUT2D eigenvalue weighted by Gasteiger charge is -2.07. The lowest BCUT2D eigenvalue weighted by Crippen LogP contribution is -2.30. The van der Waals surface area contributed by atoms with E-state index in [-0.39, 0.29) is 61.0 Å². The Kier molecular flexibility index (Phi) is 56.2.